The first kappa shape index (κ1) is 15.2. The van der Waals surface area contributed by atoms with Crippen LogP contribution in [-0.2, 0) is 14.3 Å². The van der Waals surface area contributed by atoms with Gasteiger partial charge in [0.1, 0.15) is 6.04 Å². The van der Waals surface area contributed by atoms with Gasteiger partial charge in [-0.15, -0.1) is 0 Å². The zero-order valence-corrected chi connectivity index (χ0v) is 11.1. The summed E-state index contributed by atoms with van der Waals surface area (Å²) in [6.07, 6.45) is 0.284. The number of carbonyl (C=O) groups excluding carboxylic acids is 1. The Morgan fingerprint density at radius 3 is 2.42 bits per heavy atom. The van der Waals surface area contributed by atoms with E-state index in [1.807, 2.05) is 13.0 Å². The van der Waals surface area contributed by atoms with Gasteiger partial charge < -0.3 is 15.2 Å². The Morgan fingerprint density at radius 2 is 1.95 bits per heavy atom. The van der Waals surface area contributed by atoms with Crippen LogP contribution in [0.3, 0.4) is 0 Å². The SMILES string of the molecule is CCCC(NC(=O)C(OC)c1ccccc1)C(=O)O. The third-order valence-corrected chi connectivity index (χ3v) is 2.77. The first-order chi connectivity index (χ1) is 9.10. The number of carbonyl (C=O) groups is 2. The monoisotopic (exact) mass is 265 g/mol. The second-order valence-corrected chi connectivity index (χ2v) is 4.21. The number of benzene rings is 1. The lowest BCUT2D eigenvalue weighted by atomic mass is 10.1. The van der Waals surface area contributed by atoms with E-state index < -0.39 is 24.0 Å². The zero-order valence-electron chi connectivity index (χ0n) is 11.1. The Balaban J connectivity index is 2.76. The molecule has 1 rings (SSSR count). The summed E-state index contributed by atoms with van der Waals surface area (Å²) in [5.41, 5.74) is 0.697. The maximum atomic E-state index is 12.1. The molecule has 0 aliphatic carbocycles. The van der Waals surface area contributed by atoms with E-state index in [2.05, 4.69) is 5.32 Å². The molecular weight excluding hydrogens is 246 g/mol. The van der Waals surface area contributed by atoms with Crippen molar-refractivity contribution in [2.24, 2.45) is 0 Å². The molecule has 1 aromatic carbocycles. The highest BCUT2D eigenvalue weighted by molar-refractivity contribution is 5.87. The van der Waals surface area contributed by atoms with Gasteiger partial charge in [0.2, 0.25) is 0 Å². The van der Waals surface area contributed by atoms with Crippen LogP contribution in [-0.4, -0.2) is 30.1 Å². The van der Waals surface area contributed by atoms with Crippen LogP contribution in [0.2, 0.25) is 0 Å². The first-order valence-electron chi connectivity index (χ1n) is 6.21. The molecule has 104 valence electrons. The van der Waals surface area contributed by atoms with Crippen molar-refractivity contribution in [2.45, 2.75) is 31.9 Å². The Labute approximate surface area is 112 Å². The molecule has 0 saturated heterocycles. The third kappa shape index (κ3) is 4.37. The van der Waals surface area contributed by atoms with E-state index in [-0.39, 0.29) is 0 Å². The molecule has 0 fully saturated rings. The van der Waals surface area contributed by atoms with E-state index in [0.717, 1.165) is 0 Å². The highest BCUT2D eigenvalue weighted by atomic mass is 16.5. The molecule has 19 heavy (non-hydrogen) atoms. The van der Waals surface area contributed by atoms with Crippen molar-refractivity contribution >= 4 is 11.9 Å². The van der Waals surface area contributed by atoms with Crippen LogP contribution in [0.25, 0.3) is 0 Å². The van der Waals surface area contributed by atoms with Gasteiger partial charge in [0.15, 0.2) is 6.10 Å². The standard InChI is InChI=1S/C14H19NO4/c1-3-7-11(14(17)18)15-13(16)12(19-2)10-8-5-4-6-9-10/h4-6,8-9,11-12H,3,7H2,1-2H3,(H,15,16)(H,17,18). The fourth-order valence-corrected chi connectivity index (χ4v) is 1.82. The molecule has 5 heteroatoms. The van der Waals surface area contributed by atoms with Crippen molar-refractivity contribution in [1.82, 2.24) is 5.32 Å². The molecule has 1 aromatic rings. The van der Waals surface area contributed by atoms with Gasteiger partial charge in [0, 0.05) is 7.11 Å². The van der Waals surface area contributed by atoms with E-state index in [1.165, 1.54) is 7.11 Å². The smallest absolute Gasteiger partial charge is 0.326 e. The molecule has 0 aromatic heterocycles. The van der Waals surface area contributed by atoms with Crippen LogP contribution in [0.5, 0.6) is 0 Å². The number of rotatable bonds is 7. The number of aliphatic carboxylic acids is 1. The summed E-state index contributed by atoms with van der Waals surface area (Å²) < 4.78 is 5.15. The minimum Gasteiger partial charge on any atom is -0.480 e. The summed E-state index contributed by atoms with van der Waals surface area (Å²) in [4.78, 5) is 23.1. The largest absolute Gasteiger partial charge is 0.480 e. The quantitative estimate of drug-likeness (QED) is 0.787. The van der Waals surface area contributed by atoms with E-state index >= 15 is 0 Å². The van der Waals surface area contributed by atoms with Crippen LogP contribution < -0.4 is 5.32 Å². The molecule has 0 heterocycles. The number of ether oxygens (including phenoxy) is 1. The summed E-state index contributed by atoms with van der Waals surface area (Å²) in [5, 5.41) is 11.5. The molecule has 5 nitrogen and oxygen atoms in total. The number of hydrogen-bond donors (Lipinski definition) is 2. The van der Waals surface area contributed by atoms with Gasteiger partial charge in [-0.2, -0.15) is 0 Å². The molecule has 2 N–H and O–H groups in total. The van der Waals surface area contributed by atoms with E-state index in [9.17, 15) is 9.59 Å². The predicted molar refractivity (Wildman–Crippen MR) is 70.7 cm³/mol. The van der Waals surface area contributed by atoms with Crippen LogP contribution in [0.1, 0.15) is 31.4 Å². The molecular formula is C14H19NO4. The first-order valence-corrected chi connectivity index (χ1v) is 6.21. The zero-order chi connectivity index (χ0) is 14.3. The van der Waals surface area contributed by atoms with Gasteiger partial charge >= 0.3 is 5.97 Å². The number of carboxylic acid groups (broad SMARTS) is 1. The summed E-state index contributed by atoms with van der Waals surface area (Å²) in [6.45, 7) is 1.87. The Hall–Kier alpha value is -1.88. The van der Waals surface area contributed by atoms with Crippen molar-refractivity contribution in [3.05, 3.63) is 35.9 Å². The maximum absolute atomic E-state index is 12.1. The van der Waals surface area contributed by atoms with Crippen molar-refractivity contribution in [3.63, 3.8) is 0 Å². The second kappa shape index (κ2) is 7.53. The van der Waals surface area contributed by atoms with E-state index in [4.69, 9.17) is 9.84 Å². The van der Waals surface area contributed by atoms with Gasteiger partial charge in [-0.3, -0.25) is 4.79 Å². The molecule has 2 atom stereocenters. The number of nitrogens with one attached hydrogen (secondary N) is 1. The Kier molecular flexibility index (Phi) is 6.02. The average molecular weight is 265 g/mol. The molecule has 0 aliphatic rings. The average Bonchev–Trinajstić information content (AvgIpc) is 2.40. The predicted octanol–water partition coefficient (Wildman–Crippen LogP) is 1.74. The lowest BCUT2D eigenvalue weighted by Crippen LogP contribution is -2.43. The lowest BCUT2D eigenvalue weighted by Gasteiger charge is -2.19. The van der Waals surface area contributed by atoms with Crippen LogP contribution in [0.15, 0.2) is 30.3 Å². The van der Waals surface area contributed by atoms with Crippen molar-refractivity contribution < 1.29 is 19.4 Å². The molecule has 2 unspecified atom stereocenters. The molecule has 0 saturated carbocycles. The Morgan fingerprint density at radius 1 is 1.32 bits per heavy atom. The Bertz CT molecular complexity index is 419. The summed E-state index contributed by atoms with van der Waals surface area (Å²) in [7, 11) is 1.42. The van der Waals surface area contributed by atoms with Gasteiger partial charge in [0.05, 0.1) is 0 Å². The lowest BCUT2D eigenvalue weighted by molar-refractivity contribution is -0.144. The van der Waals surface area contributed by atoms with Crippen molar-refractivity contribution in [2.75, 3.05) is 7.11 Å². The van der Waals surface area contributed by atoms with Gasteiger partial charge in [0.25, 0.3) is 5.91 Å². The minimum absolute atomic E-state index is 0.395. The normalized spacial score (nSPS) is 13.6. The highest BCUT2D eigenvalue weighted by Crippen LogP contribution is 2.16. The van der Waals surface area contributed by atoms with Gasteiger partial charge in [-0.25, -0.2) is 4.79 Å². The minimum atomic E-state index is -1.03. The number of hydrogen-bond acceptors (Lipinski definition) is 3. The highest BCUT2D eigenvalue weighted by Gasteiger charge is 2.25. The fraction of sp³-hybridized carbons (Fsp3) is 0.429. The third-order valence-electron chi connectivity index (χ3n) is 2.77. The van der Waals surface area contributed by atoms with Crippen LogP contribution in [0.4, 0.5) is 0 Å². The summed E-state index contributed by atoms with van der Waals surface area (Å²) in [6, 6.07) is 8.10. The summed E-state index contributed by atoms with van der Waals surface area (Å²) in [5.74, 6) is -1.47. The number of methoxy groups -OCH3 is 1. The topological polar surface area (TPSA) is 75.6 Å². The molecule has 0 bridgehead atoms. The van der Waals surface area contributed by atoms with Crippen molar-refractivity contribution in [3.8, 4) is 0 Å². The van der Waals surface area contributed by atoms with Gasteiger partial charge in [-0.1, -0.05) is 43.7 Å². The van der Waals surface area contributed by atoms with Crippen LogP contribution in [0, 0.1) is 0 Å². The van der Waals surface area contributed by atoms with E-state index in [1.54, 1.807) is 24.3 Å². The second-order valence-electron chi connectivity index (χ2n) is 4.21. The summed E-state index contributed by atoms with van der Waals surface area (Å²) >= 11 is 0. The molecule has 1 amide bonds. The van der Waals surface area contributed by atoms with E-state index in [0.29, 0.717) is 18.4 Å². The molecule has 0 spiro atoms. The van der Waals surface area contributed by atoms with Crippen LogP contribution >= 0.6 is 0 Å². The number of amides is 1. The fourth-order valence-electron chi connectivity index (χ4n) is 1.82. The van der Waals surface area contributed by atoms with Crippen molar-refractivity contribution in [1.29, 1.82) is 0 Å². The maximum Gasteiger partial charge on any atom is 0.326 e. The molecule has 0 aliphatic heterocycles. The molecule has 0 radical (unpaired) electrons. The van der Waals surface area contributed by atoms with Gasteiger partial charge in [-0.05, 0) is 12.0 Å². The number of carboxylic acids is 1.